The Hall–Kier alpha value is -3.14. The van der Waals surface area contributed by atoms with E-state index >= 15 is 0 Å². The summed E-state index contributed by atoms with van der Waals surface area (Å²) in [4.78, 5) is 43.4. The Balaban J connectivity index is 1.56. The smallest absolute Gasteiger partial charge is 0.410 e. The van der Waals surface area contributed by atoms with Crippen molar-refractivity contribution in [3.63, 3.8) is 0 Å². The lowest BCUT2D eigenvalue weighted by Crippen LogP contribution is -2.50. The number of carboxylic acid groups (broad SMARTS) is 1. The van der Waals surface area contributed by atoms with Crippen molar-refractivity contribution in [1.82, 2.24) is 25.2 Å². The van der Waals surface area contributed by atoms with Crippen LogP contribution in [0, 0.1) is 0 Å². The molecule has 0 unspecified atom stereocenters. The van der Waals surface area contributed by atoms with Gasteiger partial charge in [0.05, 0.1) is 47.7 Å². The summed E-state index contributed by atoms with van der Waals surface area (Å²) in [5.74, 6) is -1.33. The number of pyridine rings is 1. The van der Waals surface area contributed by atoms with Gasteiger partial charge >= 0.3 is 12.1 Å². The molecule has 10 heteroatoms. The minimum Gasteiger partial charge on any atom is -0.478 e. The molecule has 2 amide bonds. The highest BCUT2D eigenvalue weighted by Crippen LogP contribution is 2.46. The molecule has 0 spiro atoms. The Labute approximate surface area is 186 Å². The van der Waals surface area contributed by atoms with Crippen LogP contribution in [0.4, 0.5) is 4.79 Å². The number of fused-ring (bicyclic) bond motifs is 1. The number of hydrogen-bond acceptors (Lipinski definition) is 7. The van der Waals surface area contributed by atoms with Crippen LogP contribution in [0.15, 0.2) is 29.6 Å². The van der Waals surface area contributed by atoms with Gasteiger partial charge in [-0.2, -0.15) is 0 Å². The second-order valence-corrected chi connectivity index (χ2v) is 9.51. The summed E-state index contributed by atoms with van der Waals surface area (Å²) in [6.45, 7) is 7.21. The second-order valence-electron chi connectivity index (χ2n) is 9.51. The lowest BCUT2D eigenvalue weighted by molar-refractivity contribution is -0.118. The van der Waals surface area contributed by atoms with Gasteiger partial charge in [-0.25, -0.2) is 14.6 Å². The SMILES string of the molecule is CN1CC(C(=O)NC2(c3ncccc3C(=O)O)CC2)=C2CN(C(=O)OC(C)(C)C)CCN21. The summed E-state index contributed by atoms with van der Waals surface area (Å²) in [5.41, 5.74) is 0.441. The van der Waals surface area contributed by atoms with Crippen LogP contribution >= 0.6 is 0 Å². The van der Waals surface area contributed by atoms with Gasteiger partial charge in [0.15, 0.2) is 0 Å². The third-order valence-electron chi connectivity index (χ3n) is 5.90. The highest BCUT2D eigenvalue weighted by molar-refractivity contribution is 5.96. The first-order valence-corrected chi connectivity index (χ1v) is 10.7. The van der Waals surface area contributed by atoms with Crippen molar-refractivity contribution >= 4 is 18.0 Å². The summed E-state index contributed by atoms with van der Waals surface area (Å²) in [7, 11) is 1.90. The quantitative estimate of drug-likeness (QED) is 0.720. The molecule has 0 atom stereocenters. The number of nitrogens with zero attached hydrogens (tertiary/aromatic N) is 4. The number of carboxylic acids is 1. The van der Waals surface area contributed by atoms with E-state index < -0.39 is 23.2 Å². The number of ether oxygens (including phenoxy) is 1. The monoisotopic (exact) mass is 443 g/mol. The van der Waals surface area contributed by atoms with E-state index in [4.69, 9.17) is 4.74 Å². The molecule has 3 aliphatic rings. The third kappa shape index (κ3) is 4.14. The van der Waals surface area contributed by atoms with Crippen molar-refractivity contribution in [2.45, 2.75) is 44.8 Å². The van der Waals surface area contributed by atoms with Gasteiger partial charge in [0.1, 0.15) is 5.60 Å². The predicted octanol–water partition coefficient (Wildman–Crippen LogP) is 1.55. The molecule has 3 heterocycles. The van der Waals surface area contributed by atoms with Crippen LogP contribution in [0.1, 0.15) is 49.7 Å². The van der Waals surface area contributed by atoms with E-state index in [1.165, 1.54) is 6.07 Å². The van der Waals surface area contributed by atoms with E-state index in [0.717, 1.165) is 5.70 Å². The summed E-state index contributed by atoms with van der Waals surface area (Å²) >= 11 is 0. The topological polar surface area (TPSA) is 115 Å². The number of nitrogens with one attached hydrogen (secondary N) is 1. The van der Waals surface area contributed by atoms with Crippen molar-refractivity contribution in [2.75, 3.05) is 33.2 Å². The zero-order chi connectivity index (χ0) is 23.3. The number of aromatic carboxylic acids is 1. The molecule has 4 rings (SSSR count). The summed E-state index contributed by atoms with van der Waals surface area (Å²) in [6, 6.07) is 3.08. The summed E-state index contributed by atoms with van der Waals surface area (Å²) in [5, 5.41) is 16.5. The minimum atomic E-state index is -1.07. The Morgan fingerprint density at radius 2 is 1.91 bits per heavy atom. The molecule has 0 radical (unpaired) electrons. The van der Waals surface area contributed by atoms with E-state index in [0.29, 0.717) is 43.7 Å². The Kier molecular flexibility index (Phi) is 5.36. The molecular weight excluding hydrogens is 414 g/mol. The Bertz CT molecular complexity index is 995. The first kappa shape index (κ1) is 22.1. The van der Waals surface area contributed by atoms with Gasteiger partial charge < -0.3 is 25.1 Å². The fourth-order valence-electron chi connectivity index (χ4n) is 4.21. The van der Waals surface area contributed by atoms with Gasteiger partial charge in [0.2, 0.25) is 0 Å². The highest BCUT2D eigenvalue weighted by Gasteiger charge is 2.50. The Morgan fingerprint density at radius 3 is 2.53 bits per heavy atom. The maximum absolute atomic E-state index is 13.3. The number of likely N-dealkylation sites (N-methyl/N-ethyl adjacent to an activating group) is 1. The molecule has 1 aliphatic carbocycles. The second kappa shape index (κ2) is 7.77. The van der Waals surface area contributed by atoms with E-state index in [9.17, 15) is 19.5 Å². The molecule has 1 saturated carbocycles. The van der Waals surface area contributed by atoms with E-state index in [1.54, 1.807) is 17.2 Å². The maximum atomic E-state index is 13.3. The predicted molar refractivity (Wildman–Crippen MR) is 114 cm³/mol. The van der Waals surface area contributed by atoms with Crippen molar-refractivity contribution in [1.29, 1.82) is 0 Å². The maximum Gasteiger partial charge on any atom is 0.410 e. The van der Waals surface area contributed by atoms with Crippen LogP contribution in [-0.4, -0.2) is 81.8 Å². The molecule has 2 aliphatic heterocycles. The molecule has 1 saturated heterocycles. The van der Waals surface area contributed by atoms with Crippen LogP contribution < -0.4 is 5.32 Å². The van der Waals surface area contributed by atoms with Gasteiger partial charge in [-0.05, 0) is 45.7 Å². The Morgan fingerprint density at radius 1 is 1.19 bits per heavy atom. The molecule has 1 aromatic heterocycles. The zero-order valence-corrected chi connectivity index (χ0v) is 18.8. The van der Waals surface area contributed by atoms with Crippen molar-refractivity contribution in [2.24, 2.45) is 0 Å². The fourth-order valence-corrected chi connectivity index (χ4v) is 4.21. The molecule has 0 bridgehead atoms. The van der Waals surface area contributed by atoms with Gasteiger partial charge in [0.25, 0.3) is 5.91 Å². The van der Waals surface area contributed by atoms with Crippen LogP contribution in [-0.2, 0) is 15.1 Å². The zero-order valence-electron chi connectivity index (χ0n) is 18.8. The lowest BCUT2D eigenvalue weighted by atomic mass is 10.0. The first-order chi connectivity index (χ1) is 15.0. The number of carbonyl (C=O) groups is 3. The van der Waals surface area contributed by atoms with E-state index in [2.05, 4.69) is 10.3 Å². The number of rotatable bonds is 4. The largest absolute Gasteiger partial charge is 0.478 e. The molecule has 0 aromatic carbocycles. The summed E-state index contributed by atoms with van der Waals surface area (Å²) in [6.07, 6.45) is 2.39. The molecule has 1 aromatic rings. The average Bonchev–Trinajstić information content (AvgIpc) is 3.42. The summed E-state index contributed by atoms with van der Waals surface area (Å²) < 4.78 is 5.50. The number of aromatic nitrogens is 1. The van der Waals surface area contributed by atoms with Crippen molar-refractivity contribution in [3.05, 3.63) is 40.9 Å². The molecule has 32 heavy (non-hydrogen) atoms. The van der Waals surface area contributed by atoms with Crippen molar-refractivity contribution < 1.29 is 24.2 Å². The van der Waals surface area contributed by atoms with Gasteiger partial charge in [-0.3, -0.25) is 9.78 Å². The van der Waals surface area contributed by atoms with Gasteiger partial charge in [0, 0.05) is 19.8 Å². The van der Waals surface area contributed by atoms with Crippen LogP contribution in [0.5, 0.6) is 0 Å². The number of carbonyl (C=O) groups excluding carboxylic acids is 2. The van der Waals surface area contributed by atoms with Crippen LogP contribution in [0.2, 0.25) is 0 Å². The normalized spacial score (nSPS) is 20.1. The van der Waals surface area contributed by atoms with Crippen LogP contribution in [0.3, 0.4) is 0 Å². The van der Waals surface area contributed by atoms with Crippen molar-refractivity contribution in [3.8, 4) is 0 Å². The number of hydrogen-bond donors (Lipinski definition) is 2. The number of hydrazine groups is 1. The standard InChI is InChI=1S/C22H29N5O5/c1-21(2,3)32-20(31)26-10-11-27-16(13-26)15(12-25(27)4)18(28)24-22(7-8-22)17-14(19(29)30)6-5-9-23-17/h5-6,9H,7-8,10-13H2,1-4H3,(H,24,28)(H,29,30). The molecule has 2 N–H and O–H groups in total. The average molecular weight is 444 g/mol. The van der Waals surface area contributed by atoms with Crippen LogP contribution in [0.25, 0.3) is 0 Å². The first-order valence-electron chi connectivity index (χ1n) is 10.7. The number of piperazine rings is 1. The molecule has 10 nitrogen and oxygen atoms in total. The fraction of sp³-hybridized carbons (Fsp3) is 0.545. The lowest BCUT2D eigenvalue weighted by Gasteiger charge is -2.38. The van der Waals surface area contributed by atoms with E-state index in [1.807, 2.05) is 37.8 Å². The number of amides is 2. The van der Waals surface area contributed by atoms with Gasteiger partial charge in [-0.15, -0.1) is 0 Å². The molecular formula is C22H29N5O5. The minimum absolute atomic E-state index is 0.0990. The molecule has 172 valence electrons. The van der Waals surface area contributed by atoms with Gasteiger partial charge in [-0.1, -0.05) is 0 Å². The van der Waals surface area contributed by atoms with E-state index in [-0.39, 0.29) is 18.0 Å². The third-order valence-corrected chi connectivity index (χ3v) is 5.90. The molecule has 2 fully saturated rings. The highest BCUT2D eigenvalue weighted by atomic mass is 16.6.